The molecule has 3 aliphatic rings. The number of fused-ring (bicyclic) bond motifs is 1. The van der Waals surface area contributed by atoms with Crippen LogP contribution in [0, 0.1) is 0 Å². The molecule has 10 heteroatoms. The van der Waals surface area contributed by atoms with E-state index in [-0.39, 0.29) is 24.3 Å². The van der Waals surface area contributed by atoms with E-state index in [4.69, 9.17) is 28.1 Å². The third kappa shape index (κ3) is 4.37. The molecule has 0 radical (unpaired) electrons. The molecule has 3 aliphatic heterocycles. The van der Waals surface area contributed by atoms with Gasteiger partial charge in [-0.15, -0.1) is 0 Å². The van der Waals surface area contributed by atoms with Crippen molar-refractivity contribution in [3.05, 3.63) is 29.8 Å². The van der Waals surface area contributed by atoms with E-state index in [2.05, 4.69) is 33.9 Å². The number of methoxy groups -OCH3 is 1. The SMILES string of the molecule is COc1ccc(C(=O)N2C[C@]3(OC[C@H]4OC(C)(C)O[C@H]4[C@@H]3O[Si](C)(C)C(C)(C)C)OC2=O)cc1. The number of hydrogen-bond donors (Lipinski definition) is 0. The summed E-state index contributed by atoms with van der Waals surface area (Å²) in [5.74, 6) is -2.19. The molecular weight excluding hydrogens is 458 g/mol. The van der Waals surface area contributed by atoms with Crippen LogP contribution >= 0.6 is 0 Å². The largest absolute Gasteiger partial charge is 0.497 e. The minimum Gasteiger partial charge on any atom is -0.497 e. The maximum absolute atomic E-state index is 13.2. The second-order valence-corrected chi connectivity index (χ2v) is 15.8. The number of benzene rings is 1. The van der Waals surface area contributed by atoms with Crippen molar-refractivity contribution in [1.82, 2.24) is 4.90 Å². The lowest BCUT2D eigenvalue weighted by molar-refractivity contribution is -0.282. The van der Waals surface area contributed by atoms with Crippen LogP contribution in [0.5, 0.6) is 5.75 Å². The highest BCUT2D eigenvalue weighted by molar-refractivity contribution is 6.74. The van der Waals surface area contributed by atoms with Crippen molar-refractivity contribution in [2.45, 2.75) is 82.6 Å². The minimum absolute atomic E-state index is 0.108. The molecule has 4 rings (SSSR count). The molecule has 34 heavy (non-hydrogen) atoms. The number of nitrogens with zero attached hydrogens (tertiary/aromatic N) is 1. The predicted molar refractivity (Wildman–Crippen MR) is 125 cm³/mol. The second kappa shape index (κ2) is 8.30. The fraction of sp³-hybridized carbons (Fsp3) is 0.667. The van der Waals surface area contributed by atoms with Gasteiger partial charge in [0.15, 0.2) is 14.1 Å². The van der Waals surface area contributed by atoms with Gasteiger partial charge in [0.25, 0.3) is 11.7 Å². The van der Waals surface area contributed by atoms with Crippen LogP contribution in [0.25, 0.3) is 0 Å². The van der Waals surface area contributed by atoms with Crippen LogP contribution in [0.1, 0.15) is 45.0 Å². The Morgan fingerprint density at radius 3 is 2.38 bits per heavy atom. The lowest BCUT2D eigenvalue weighted by Gasteiger charge is -2.48. The van der Waals surface area contributed by atoms with Crippen LogP contribution < -0.4 is 4.74 Å². The number of rotatable bonds is 4. The van der Waals surface area contributed by atoms with E-state index in [0.29, 0.717) is 11.3 Å². The molecular formula is C24H35NO8Si. The number of ether oxygens (including phenoxy) is 5. The van der Waals surface area contributed by atoms with E-state index in [1.807, 2.05) is 13.8 Å². The highest BCUT2D eigenvalue weighted by atomic mass is 28.4. The van der Waals surface area contributed by atoms with Crippen molar-refractivity contribution in [2.75, 3.05) is 20.3 Å². The first-order valence-electron chi connectivity index (χ1n) is 11.5. The van der Waals surface area contributed by atoms with Gasteiger partial charge < -0.3 is 28.1 Å². The first kappa shape index (κ1) is 25.1. The fourth-order valence-corrected chi connectivity index (χ4v) is 5.54. The van der Waals surface area contributed by atoms with Gasteiger partial charge in [-0.1, -0.05) is 20.8 Å². The molecule has 188 valence electrons. The summed E-state index contributed by atoms with van der Waals surface area (Å²) >= 11 is 0. The topological polar surface area (TPSA) is 92.8 Å². The number of imide groups is 1. The molecule has 9 nitrogen and oxygen atoms in total. The Balaban J connectivity index is 1.65. The van der Waals surface area contributed by atoms with Crippen molar-refractivity contribution >= 4 is 20.3 Å². The highest BCUT2D eigenvalue weighted by Gasteiger charge is 2.65. The van der Waals surface area contributed by atoms with Gasteiger partial charge in [-0.25, -0.2) is 9.69 Å². The van der Waals surface area contributed by atoms with Gasteiger partial charge >= 0.3 is 6.09 Å². The highest BCUT2D eigenvalue weighted by Crippen LogP contribution is 2.47. The molecule has 3 heterocycles. The summed E-state index contributed by atoms with van der Waals surface area (Å²) in [4.78, 5) is 27.2. The molecule has 0 aliphatic carbocycles. The summed E-state index contributed by atoms with van der Waals surface area (Å²) in [6.07, 6.45) is -2.42. The maximum Gasteiger partial charge on any atom is 0.419 e. The molecule has 0 bridgehead atoms. The number of carbonyl (C=O) groups excluding carboxylic acids is 2. The predicted octanol–water partition coefficient (Wildman–Crippen LogP) is 3.92. The van der Waals surface area contributed by atoms with Crippen LogP contribution in [-0.4, -0.2) is 75.4 Å². The van der Waals surface area contributed by atoms with E-state index < -0.39 is 44.1 Å². The molecule has 4 atom stereocenters. The third-order valence-corrected chi connectivity index (χ3v) is 11.6. The number of amides is 2. The van der Waals surface area contributed by atoms with Gasteiger partial charge in [0, 0.05) is 5.56 Å². The Morgan fingerprint density at radius 1 is 1.15 bits per heavy atom. The molecule has 0 saturated carbocycles. The van der Waals surface area contributed by atoms with Crippen molar-refractivity contribution in [3.63, 3.8) is 0 Å². The zero-order chi connectivity index (χ0) is 25.1. The van der Waals surface area contributed by atoms with Crippen LogP contribution in [0.4, 0.5) is 4.79 Å². The Kier molecular flexibility index (Phi) is 6.13. The Hall–Kier alpha value is -1.98. The van der Waals surface area contributed by atoms with Crippen LogP contribution in [0.2, 0.25) is 18.1 Å². The van der Waals surface area contributed by atoms with Crippen LogP contribution in [-0.2, 0) is 23.4 Å². The Bertz CT molecular complexity index is 957. The smallest absolute Gasteiger partial charge is 0.419 e. The Morgan fingerprint density at radius 2 is 1.79 bits per heavy atom. The van der Waals surface area contributed by atoms with E-state index in [0.717, 1.165) is 4.90 Å². The first-order chi connectivity index (χ1) is 15.7. The van der Waals surface area contributed by atoms with E-state index in [1.54, 1.807) is 31.4 Å². The van der Waals surface area contributed by atoms with Crippen molar-refractivity contribution in [2.24, 2.45) is 0 Å². The first-order valence-corrected chi connectivity index (χ1v) is 14.5. The summed E-state index contributed by atoms with van der Waals surface area (Å²) in [5, 5.41) is -0.114. The normalized spacial score (nSPS) is 30.9. The summed E-state index contributed by atoms with van der Waals surface area (Å²) in [5.41, 5.74) is 0.340. The summed E-state index contributed by atoms with van der Waals surface area (Å²) in [7, 11) is -0.816. The van der Waals surface area contributed by atoms with Gasteiger partial charge in [0.2, 0.25) is 0 Å². The third-order valence-electron chi connectivity index (χ3n) is 7.11. The average molecular weight is 494 g/mol. The molecule has 1 spiro atoms. The fourth-order valence-electron chi connectivity index (χ4n) is 4.24. The molecule has 1 aromatic rings. The summed E-state index contributed by atoms with van der Waals surface area (Å²) in [6.45, 7) is 14.3. The lowest BCUT2D eigenvalue weighted by atomic mass is 9.96. The van der Waals surface area contributed by atoms with Gasteiger partial charge in [-0.05, 0) is 56.2 Å². The second-order valence-electron chi connectivity index (χ2n) is 11.0. The van der Waals surface area contributed by atoms with Crippen LogP contribution in [0.3, 0.4) is 0 Å². The maximum atomic E-state index is 13.2. The lowest BCUT2D eigenvalue weighted by Crippen LogP contribution is -2.66. The Labute approximate surface area is 201 Å². The number of carbonyl (C=O) groups is 2. The van der Waals surface area contributed by atoms with Gasteiger partial charge in [0.1, 0.15) is 30.6 Å². The van der Waals surface area contributed by atoms with E-state index in [9.17, 15) is 9.59 Å². The number of hydrogen-bond acceptors (Lipinski definition) is 8. The van der Waals surface area contributed by atoms with E-state index >= 15 is 0 Å². The van der Waals surface area contributed by atoms with Crippen molar-refractivity contribution < 1.29 is 37.7 Å². The average Bonchev–Trinajstić information content (AvgIpc) is 3.25. The molecule has 2 amide bonds. The van der Waals surface area contributed by atoms with Gasteiger partial charge in [-0.2, -0.15) is 0 Å². The molecule has 3 saturated heterocycles. The van der Waals surface area contributed by atoms with Crippen molar-refractivity contribution in [1.29, 1.82) is 0 Å². The minimum atomic E-state index is -2.36. The quantitative estimate of drug-likeness (QED) is 0.583. The van der Waals surface area contributed by atoms with Gasteiger partial charge in [-0.3, -0.25) is 4.79 Å². The molecule has 0 unspecified atom stereocenters. The van der Waals surface area contributed by atoms with Crippen LogP contribution in [0.15, 0.2) is 24.3 Å². The molecule has 3 fully saturated rings. The summed E-state index contributed by atoms with van der Waals surface area (Å²) < 4.78 is 36.2. The van der Waals surface area contributed by atoms with Gasteiger partial charge in [0.05, 0.1) is 13.7 Å². The zero-order valence-electron chi connectivity index (χ0n) is 21.2. The van der Waals surface area contributed by atoms with E-state index in [1.165, 1.54) is 0 Å². The molecule has 1 aromatic carbocycles. The monoisotopic (exact) mass is 493 g/mol. The summed E-state index contributed by atoms with van der Waals surface area (Å²) in [6, 6.07) is 6.55. The molecule has 0 N–H and O–H groups in total. The molecule has 0 aromatic heterocycles. The zero-order valence-corrected chi connectivity index (χ0v) is 22.2. The standard InChI is InChI=1S/C24H35NO8Si/c1-22(2,3)34(7,8)33-19-18-17(30-23(4,5)31-18)13-29-24(19)14-25(21(27)32-24)20(26)15-9-11-16(28-6)12-10-15/h9-12,17-19H,13-14H2,1-8H3/t17-,18-,19+,24+/m1/s1. The van der Waals surface area contributed by atoms with Crippen molar-refractivity contribution in [3.8, 4) is 5.75 Å².